The second kappa shape index (κ2) is 7.79. The molecule has 0 aromatic heterocycles. The third-order valence-electron chi connectivity index (χ3n) is 2.69. The van der Waals surface area contributed by atoms with Gasteiger partial charge in [-0.1, -0.05) is 29.2 Å². The van der Waals surface area contributed by atoms with Crippen LogP contribution in [-0.2, 0) is 17.7 Å². The quantitative estimate of drug-likeness (QED) is 0.872. The van der Waals surface area contributed by atoms with Crippen LogP contribution in [0, 0.1) is 6.92 Å². The normalized spacial score (nSPS) is 11.2. The number of ether oxygens (including phenoxy) is 1. The molecule has 0 aliphatic carbocycles. The number of benzene rings is 1. The van der Waals surface area contributed by atoms with Gasteiger partial charge in [-0.3, -0.25) is 0 Å². The summed E-state index contributed by atoms with van der Waals surface area (Å²) in [6.45, 7) is 8.09. The van der Waals surface area contributed by atoms with E-state index in [-0.39, 0.29) is 0 Å². The molecule has 1 aromatic rings. The summed E-state index contributed by atoms with van der Waals surface area (Å²) in [6, 6.07) is 6.21. The second-order valence-corrected chi connectivity index (χ2v) is 6.96. The van der Waals surface area contributed by atoms with Crippen molar-refractivity contribution in [1.29, 1.82) is 0 Å². The number of alkyl carbamates (subject to hydrolysis) is 1. The van der Waals surface area contributed by atoms with Gasteiger partial charge in [0.1, 0.15) is 5.60 Å². The number of hydrogen-bond acceptors (Lipinski definition) is 3. The summed E-state index contributed by atoms with van der Waals surface area (Å²) in [5.74, 6) is 0.901. The van der Waals surface area contributed by atoms with Crippen LogP contribution in [0.15, 0.2) is 18.2 Å². The van der Waals surface area contributed by atoms with Gasteiger partial charge in [-0.2, -0.15) is 0 Å². The number of carbonyl (C=O) groups is 1. The van der Waals surface area contributed by atoms with Crippen molar-refractivity contribution in [2.75, 3.05) is 5.75 Å². The van der Waals surface area contributed by atoms with E-state index >= 15 is 0 Å². The van der Waals surface area contributed by atoms with Gasteiger partial charge in [-0.15, -0.1) is 0 Å². The Balaban J connectivity index is 2.53. The average molecular weight is 316 g/mol. The van der Waals surface area contributed by atoms with Crippen LogP contribution >= 0.6 is 21.7 Å². The van der Waals surface area contributed by atoms with Crippen molar-refractivity contribution in [2.45, 2.75) is 46.3 Å². The Morgan fingerprint density at radius 2 is 2.10 bits per heavy atom. The molecule has 3 nitrogen and oxygen atoms in total. The highest BCUT2D eigenvalue weighted by atomic mass is 35.7. The number of hydrogen-bond donors (Lipinski definition) is 1. The van der Waals surface area contributed by atoms with E-state index in [4.69, 9.17) is 15.4 Å². The Bertz CT molecular complexity index is 458. The largest absolute Gasteiger partial charge is 0.444 e. The van der Waals surface area contributed by atoms with E-state index in [2.05, 4.69) is 24.4 Å². The number of rotatable bonds is 5. The zero-order valence-electron chi connectivity index (χ0n) is 12.5. The maximum absolute atomic E-state index is 11.6. The lowest BCUT2D eigenvalue weighted by Gasteiger charge is -2.19. The maximum Gasteiger partial charge on any atom is 0.407 e. The van der Waals surface area contributed by atoms with Crippen LogP contribution in [0.1, 0.15) is 37.5 Å². The van der Waals surface area contributed by atoms with Crippen LogP contribution in [-0.4, -0.2) is 17.4 Å². The van der Waals surface area contributed by atoms with Crippen molar-refractivity contribution >= 4 is 27.8 Å². The number of aryl methyl sites for hydroxylation is 2. The van der Waals surface area contributed by atoms with Crippen LogP contribution in [0.2, 0.25) is 0 Å². The molecule has 112 valence electrons. The lowest BCUT2D eigenvalue weighted by atomic mass is 10.0. The molecule has 1 N–H and O–H groups in total. The highest BCUT2D eigenvalue weighted by Gasteiger charge is 2.15. The predicted octanol–water partition coefficient (Wildman–Crippen LogP) is 4.45. The summed E-state index contributed by atoms with van der Waals surface area (Å²) >= 11 is 0. The van der Waals surface area contributed by atoms with Gasteiger partial charge in [0.2, 0.25) is 0 Å². The van der Waals surface area contributed by atoms with Crippen LogP contribution in [0.25, 0.3) is 0 Å². The lowest BCUT2D eigenvalue weighted by molar-refractivity contribution is 0.0523. The first-order chi connectivity index (χ1) is 9.31. The highest BCUT2D eigenvalue weighted by molar-refractivity contribution is 8.21. The third-order valence-corrected chi connectivity index (χ3v) is 3.51. The van der Waals surface area contributed by atoms with Crippen molar-refractivity contribution in [2.24, 2.45) is 0 Å². The van der Waals surface area contributed by atoms with Gasteiger partial charge in [0, 0.05) is 12.3 Å². The molecule has 0 saturated heterocycles. The Hall–Kier alpha value is -0.870. The highest BCUT2D eigenvalue weighted by Crippen LogP contribution is 2.16. The molecule has 1 rings (SSSR count). The first-order valence-corrected chi connectivity index (χ1v) is 8.42. The molecule has 20 heavy (non-hydrogen) atoms. The number of halogens is 1. The van der Waals surface area contributed by atoms with Gasteiger partial charge in [0.05, 0.1) is 0 Å². The van der Waals surface area contributed by atoms with Gasteiger partial charge in [-0.25, -0.2) is 4.79 Å². The molecule has 0 bridgehead atoms. The van der Waals surface area contributed by atoms with Crippen molar-refractivity contribution < 1.29 is 9.53 Å². The van der Waals surface area contributed by atoms with E-state index < -0.39 is 11.7 Å². The minimum atomic E-state index is -0.469. The maximum atomic E-state index is 11.6. The summed E-state index contributed by atoms with van der Waals surface area (Å²) in [4.78, 5) is 11.6. The topological polar surface area (TPSA) is 38.3 Å². The molecule has 0 atom stereocenters. The molecule has 5 heteroatoms. The molecule has 1 aromatic carbocycles. The molecule has 0 radical (unpaired) electrons. The third kappa shape index (κ3) is 6.53. The van der Waals surface area contributed by atoms with Crippen LogP contribution < -0.4 is 5.32 Å². The molecule has 0 aliphatic rings. The molecule has 1 amide bonds. The molecule has 0 fully saturated rings. The fourth-order valence-corrected chi connectivity index (χ4v) is 2.31. The SMILES string of the molecule is Cc1cc(CNC(=O)OC(C)(C)C)ccc1CCSCl. The van der Waals surface area contributed by atoms with E-state index in [0.29, 0.717) is 6.54 Å². The van der Waals surface area contributed by atoms with Crippen molar-refractivity contribution in [3.05, 3.63) is 34.9 Å². The fraction of sp³-hybridized carbons (Fsp3) is 0.533. The molecule has 0 saturated carbocycles. The second-order valence-electron chi connectivity index (χ2n) is 5.68. The minimum absolute atomic E-state index is 0.391. The molecular formula is C15H22ClNO2S. The van der Waals surface area contributed by atoms with Crippen LogP contribution in [0.3, 0.4) is 0 Å². The zero-order valence-corrected chi connectivity index (χ0v) is 14.0. The van der Waals surface area contributed by atoms with Gasteiger partial charge in [-0.05, 0) is 61.5 Å². The first kappa shape index (κ1) is 17.2. The smallest absolute Gasteiger partial charge is 0.407 e. The van der Waals surface area contributed by atoms with E-state index in [0.717, 1.165) is 17.7 Å². The number of carbonyl (C=O) groups excluding carboxylic acids is 1. The van der Waals surface area contributed by atoms with Crippen molar-refractivity contribution in [1.82, 2.24) is 5.32 Å². The predicted molar refractivity (Wildman–Crippen MR) is 86.3 cm³/mol. The number of nitrogens with one attached hydrogen (secondary N) is 1. The van der Waals surface area contributed by atoms with E-state index in [1.54, 1.807) is 0 Å². The summed E-state index contributed by atoms with van der Waals surface area (Å²) < 4.78 is 5.20. The first-order valence-electron chi connectivity index (χ1n) is 6.60. The Kier molecular flexibility index (Phi) is 6.69. The van der Waals surface area contributed by atoms with E-state index in [1.165, 1.54) is 22.1 Å². The summed E-state index contributed by atoms with van der Waals surface area (Å²) in [6.07, 6.45) is 0.567. The minimum Gasteiger partial charge on any atom is -0.444 e. The van der Waals surface area contributed by atoms with Gasteiger partial charge in [0.25, 0.3) is 0 Å². The molecule has 0 aliphatic heterocycles. The average Bonchev–Trinajstić information content (AvgIpc) is 2.33. The monoisotopic (exact) mass is 315 g/mol. The molecular weight excluding hydrogens is 294 g/mol. The lowest BCUT2D eigenvalue weighted by Crippen LogP contribution is -2.32. The molecule has 0 unspecified atom stereocenters. The zero-order chi connectivity index (χ0) is 15.2. The number of amides is 1. The summed E-state index contributed by atoms with van der Waals surface area (Å²) in [7, 11) is 6.96. The van der Waals surface area contributed by atoms with E-state index in [1.807, 2.05) is 26.8 Å². The van der Waals surface area contributed by atoms with Gasteiger partial charge in [0.15, 0.2) is 0 Å². The Morgan fingerprint density at radius 1 is 1.40 bits per heavy atom. The Morgan fingerprint density at radius 3 is 2.65 bits per heavy atom. The van der Waals surface area contributed by atoms with Crippen LogP contribution in [0.5, 0.6) is 0 Å². The van der Waals surface area contributed by atoms with Gasteiger partial charge < -0.3 is 10.1 Å². The van der Waals surface area contributed by atoms with Crippen molar-refractivity contribution in [3.63, 3.8) is 0 Å². The Labute approximate surface area is 129 Å². The molecule has 0 heterocycles. The van der Waals surface area contributed by atoms with Crippen molar-refractivity contribution in [3.8, 4) is 0 Å². The summed E-state index contributed by atoms with van der Waals surface area (Å²) in [5, 5.41) is 2.76. The standard InChI is InChI=1S/C15H22ClNO2S/c1-11-9-12(5-6-13(11)7-8-20-16)10-17-14(18)19-15(2,3)4/h5-6,9H,7-8,10H2,1-4H3,(H,17,18). The molecule has 0 spiro atoms. The fourth-order valence-electron chi connectivity index (χ4n) is 1.79. The van der Waals surface area contributed by atoms with E-state index in [9.17, 15) is 4.79 Å². The van der Waals surface area contributed by atoms with Gasteiger partial charge >= 0.3 is 6.09 Å². The summed E-state index contributed by atoms with van der Waals surface area (Å²) in [5.41, 5.74) is 3.11. The van der Waals surface area contributed by atoms with Crippen LogP contribution in [0.4, 0.5) is 4.79 Å².